The zero-order chi connectivity index (χ0) is 21.3. The summed E-state index contributed by atoms with van der Waals surface area (Å²) in [6, 6.07) is 7.82. The van der Waals surface area contributed by atoms with E-state index in [0.29, 0.717) is 11.3 Å². The fourth-order valence-corrected chi connectivity index (χ4v) is 4.46. The third-order valence-electron chi connectivity index (χ3n) is 5.99. The van der Waals surface area contributed by atoms with Gasteiger partial charge in [0.25, 0.3) is 0 Å². The minimum absolute atomic E-state index is 0.376. The molecule has 3 aromatic rings. The van der Waals surface area contributed by atoms with Crippen LogP contribution in [0.5, 0.6) is 0 Å². The number of carbonyl (C=O) groups is 1. The Balaban J connectivity index is 2.01. The lowest BCUT2D eigenvalue weighted by atomic mass is 9.98. The first-order chi connectivity index (χ1) is 14.6. The Bertz CT molecular complexity index is 1150. The van der Waals surface area contributed by atoms with E-state index in [1.54, 1.807) is 6.07 Å². The third-order valence-corrected chi connectivity index (χ3v) is 5.99. The van der Waals surface area contributed by atoms with Crippen LogP contribution in [-0.2, 0) is 12.8 Å². The number of unbranched alkanes of at least 4 members (excludes halogenated alkanes) is 1. The van der Waals surface area contributed by atoms with Crippen molar-refractivity contribution in [1.82, 2.24) is 14.6 Å². The molecule has 0 radical (unpaired) electrons. The predicted molar refractivity (Wildman–Crippen MR) is 118 cm³/mol. The molecule has 1 aliphatic rings. The predicted octanol–water partition coefficient (Wildman–Crippen LogP) is 4.50. The van der Waals surface area contributed by atoms with E-state index >= 15 is 0 Å². The van der Waals surface area contributed by atoms with Gasteiger partial charge in [0.2, 0.25) is 0 Å². The van der Waals surface area contributed by atoms with E-state index in [4.69, 9.17) is 10.1 Å². The molecule has 0 fully saturated rings. The average Bonchev–Trinajstić information content (AvgIpc) is 3.37. The Labute approximate surface area is 177 Å². The topological polar surface area (TPSA) is 74.3 Å². The van der Waals surface area contributed by atoms with Gasteiger partial charge >= 0.3 is 0 Å². The van der Waals surface area contributed by atoms with Crippen molar-refractivity contribution in [2.24, 2.45) is 0 Å². The van der Waals surface area contributed by atoms with Crippen molar-refractivity contribution in [2.75, 3.05) is 18.0 Å². The zero-order valence-corrected chi connectivity index (χ0v) is 17.9. The van der Waals surface area contributed by atoms with E-state index in [2.05, 4.69) is 24.8 Å². The molecule has 4 rings (SSSR count). The van der Waals surface area contributed by atoms with E-state index in [-0.39, 0.29) is 0 Å². The molecule has 0 N–H and O–H groups in total. The molecule has 0 amide bonds. The SMILES string of the molecule is CCCCN(CC)c1c2c(nc3c(-c4ccc(C=O)cc4C)c(C#N)nn13)CCC2. The lowest BCUT2D eigenvalue weighted by molar-refractivity contribution is 0.112. The first-order valence-electron chi connectivity index (χ1n) is 10.8. The van der Waals surface area contributed by atoms with E-state index in [9.17, 15) is 10.1 Å². The fraction of sp³-hybridized carbons (Fsp3) is 0.417. The maximum Gasteiger partial charge on any atom is 0.173 e. The summed E-state index contributed by atoms with van der Waals surface area (Å²) < 4.78 is 1.89. The minimum Gasteiger partial charge on any atom is -0.356 e. The van der Waals surface area contributed by atoms with Crippen LogP contribution in [0, 0.1) is 18.3 Å². The molecule has 2 heterocycles. The van der Waals surface area contributed by atoms with Gasteiger partial charge in [-0.25, -0.2) is 4.98 Å². The molecule has 0 bridgehead atoms. The second-order valence-electron chi connectivity index (χ2n) is 7.91. The van der Waals surface area contributed by atoms with Crippen LogP contribution in [0.3, 0.4) is 0 Å². The van der Waals surface area contributed by atoms with Gasteiger partial charge in [-0.05, 0) is 56.7 Å². The first-order valence-corrected chi connectivity index (χ1v) is 10.8. The summed E-state index contributed by atoms with van der Waals surface area (Å²) in [7, 11) is 0. The highest BCUT2D eigenvalue weighted by molar-refractivity contribution is 5.87. The molecule has 0 unspecified atom stereocenters. The molecule has 6 nitrogen and oxygen atoms in total. The summed E-state index contributed by atoms with van der Waals surface area (Å²) in [4.78, 5) is 18.5. The molecule has 30 heavy (non-hydrogen) atoms. The van der Waals surface area contributed by atoms with Gasteiger partial charge in [-0.3, -0.25) is 4.79 Å². The normalized spacial score (nSPS) is 12.7. The van der Waals surface area contributed by atoms with E-state index in [1.165, 1.54) is 5.56 Å². The molecular weight excluding hydrogens is 374 g/mol. The van der Waals surface area contributed by atoms with Gasteiger partial charge in [-0.15, -0.1) is 0 Å². The second-order valence-corrected chi connectivity index (χ2v) is 7.91. The largest absolute Gasteiger partial charge is 0.356 e. The molecule has 1 aliphatic carbocycles. The number of carbonyl (C=O) groups excluding carboxylic acids is 1. The molecule has 0 spiro atoms. The highest BCUT2D eigenvalue weighted by atomic mass is 16.1. The number of aryl methyl sites for hydroxylation is 2. The lowest BCUT2D eigenvalue weighted by Crippen LogP contribution is -2.28. The van der Waals surface area contributed by atoms with Crippen LogP contribution >= 0.6 is 0 Å². The lowest BCUT2D eigenvalue weighted by Gasteiger charge is -2.26. The van der Waals surface area contributed by atoms with Crippen molar-refractivity contribution in [3.63, 3.8) is 0 Å². The van der Waals surface area contributed by atoms with Gasteiger partial charge in [0, 0.05) is 29.9 Å². The summed E-state index contributed by atoms with van der Waals surface area (Å²) in [5.41, 5.74) is 6.73. The maximum absolute atomic E-state index is 11.2. The monoisotopic (exact) mass is 401 g/mol. The number of rotatable bonds is 7. The Morgan fingerprint density at radius 1 is 1.30 bits per heavy atom. The number of benzene rings is 1. The summed E-state index contributed by atoms with van der Waals surface area (Å²) >= 11 is 0. The van der Waals surface area contributed by atoms with Crippen LogP contribution in [-0.4, -0.2) is 34.0 Å². The van der Waals surface area contributed by atoms with E-state index < -0.39 is 0 Å². The number of anilines is 1. The van der Waals surface area contributed by atoms with E-state index in [0.717, 1.165) is 85.3 Å². The summed E-state index contributed by atoms with van der Waals surface area (Å²) in [6.07, 6.45) is 6.14. The molecule has 0 atom stereocenters. The number of aldehydes is 1. The molecule has 6 heteroatoms. The van der Waals surface area contributed by atoms with Crippen LogP contribution in [0.2, 0.25) is 0 Å². The minimum atomic E-state index is 0.376. The van der Waals surface area contributed by atoms with Crippen LogP contribution in [0.15, 0.2) is 18.2 Å². The van der Waals surface area contributed by atoms with Gasteiger partial charge in [0.1, 0.15) is 18.2 Å². The number of nitriles is 1. The van der Waals surface area contributed by atoms with Crippen LogP contribution in [0.4, 0.5) is 5.82 Å². The summed E-state index contributed by atoms with van der Waals surface area (Å²) in [5.74, 6) is 1.09. The summed E-state index contributed by atoms with van der Waals surface area (Å²) in [5, 5.41) is 14.6. The third kappa shape index (κ3) is 3.24. The highest BCUT2D eigenvalue weighted by Gasteiger charge is 2.27. The fourth-order valence-electron chi connectivity index (χ4n) is 4.46. The second kappa shape index (κ2) is 8.27. The molecular formula is C24H27N5O. The Hall–Kier alpha value is -3.20. The Morgan fingerprint density at radius 2 is 2.13 bits per heavy atom. The van der Waals surface area contributed by atoms with Crippen LogP contribution < -0.4 is 4.90 Å². The molecule has 0 saturated heterocycles. The number of aromatic nitrogens is 3. The number of hydrogen-bond acceptors (Lipinski definition) is 5. The van der Waals surface area contributed by atoms with Gasteiger partial charge < -0.3 is 4.90 Å². The van der Waals surface area contributed by atoms with Crippen molar-refractivity contribution < 1.29 is 4.79 Å². The van der Waals surface area contributed by atoms with Crippen LogP contribution in [0.25, 0.3) is 16.8 Å². The van der Waals surface area contributed by atoms with Gasteiger partial charge in [0.05, 0.1) is 5.56 Å². The number of hydrogen-bond donors (Lipinski definition) is 0. The van der Waals surface area contributed by atoms with Gasteiger partial charge in [-0.1, -0.05) is 25.5 Å². The van der Waals surface area contributed by atoms with E-state index in [1.807, 2.05) is 23.6 Å². The van der Waals surface area contributed by atoms with Gasteiger partial charge in [-0.2, -0.15) is 14.9 Å². The Kier molecular flexibility index (Phi) is 5.54. The average molecular weight is 402 g/mol. The van der Waals surface area contributed by atoms with Crippen molar-refractivity contribution in [2.45, 2.75) is 52.9 Å². The first kappa shape index (κ1) is 20.1. The quantitative estimate of drug-likeness (QED) is 0.545. The molecule has 154 valence electrons. The number of fused-ring (bicyclic) bond motifs is 2. The molecule has 2 aromatic heterocycles. The maximum atomic E-state index is 11.2. The van der Waals surface area contributed by atoms with Crippen molar-refractivity contribution in [3.05, 3.63) is 46.3 Å². The van der Waals surface area contributed by atoms with Crippen molar-refractivity contribution in [3.8, 4) is 17.2 Å². The van der Waals surface area contributed by atoms with Crippen molar-refractivity contribution >= 4 is 17.8 Å². The number of nitrogens with zero attached hydrogens (tertiary/aromatic N) is 5. The zero-order valence-electron chi connectivity index (χ0n) is 17.9. The van der Waals surface area contributed by atoms with Crippen molar-refractivity contribution in [1.29, 1.82) is 5.26 Å². The highest BCUT2D eigenvalue weighted by Crippen LogP contribution is 2.37. The Morgan fingerprint density at radius 3 is 2.80 bits per heavy atom. The molecule has 0 saturated carbocycles. The standard InChI is InChI=1S/C24H27N5O/c1-4-6-12-28(5-2)24-19-8-7-9-20(19)26-23-22(21(14-25)27-29(23)24)18-11-10-17(15-30)13-16(18)3/h10-11,13,15H,4-9,12H2,1-3H3. The molecule has 0 aliphatic heterocycles. The summed E-state index contributed by atoms with van der Waals surface area (Å²) in [6.45, 7) is 8.17. The molecule has 1 aromatic carbocycles. The smallest absolute Gasteiger partial charge is 0.173 e. The van der Waals surface area contributed by atoms with Gasteiger partial charge in [0.15, 0.2) is 11.3 Å². The van der Waals surface area contributed by atoms with Crippen LogP contribution in [0.1, 0.15) is 66.0 Å².